The van der Waals surface area contributed by atoms with Gasteiger partial charge in [-0.1, -0.05) is 47.6 Å². The summed E-state index contributed by atoms with van der Waals surface area (Å²) in [5.74, 6) is 0. The molecule has 4 heteroatoms. The van der Waals surface area contributed by atoms with E-state index in [1.54, 1.807) is 0 Å². The second-order valence-electron chi connectivity index (χ2n) is 8.69. The van der Waals surface area contributed by atoms with Crippen molar-refractivity contribution in [3.8, 4) is 11.3 Å². The fraction of sp³-hybridized carbons (Fsp3) is 0.172. The van der Waals surface area contributed by atoms with Crippen LogP contribution in [-0.4, -0.2) is 10.1 Å². The van der Waals surface area contributed by atoms with E-state index in [-0.39, 0.29) is 0 Å². The van der Waals surface area contributed by atoms with E-state index < -0.39 is 0 Å². The van der Waals surface area contributed by atoms with E-state index in [1.807, 2.05) is 19.2 Å². The first kappa shape index (κ1) is 21.0. The highest BCUT2D eigenvalue weighted by molar-refractivity contribution is 5.87. The van der Waals surface area contributed by atoms with Gasteiger partial charge in [0.05, 0.1) is 22.8 Å². The Morgan fingerprint density at radius 2 is 1.30 bits per heavy atom. The van der Waals surface area contributed by atoms with Crippen LogP contribution in [0, 0.1) is 34.6 Å². The van der Waals surface area contributed by atoms with Crippen LogP contribution in [0.3, 0.4) is 0 Å². The smallest absolute Gasteiger partial charge is 0.167 e. The van der Waals surface area contributed by atoms with Crippen LogP contribution in [0.4, 0.5) is 17.1 Å². The number of hydrogen-bond donors (Lipinski definition) is 0. The van der Waals surface area contributed by atoms with E-state index in [0.717, 1.165) is 33.6 Å². The van der Waals surface area contributed by atoms with Gasteiger partial charge in [0.25, 0.3) is 0 Å². The summed E-state index contributed by atoms with van der Waals surface area (Å²) in [5, 5.41) is 5.12. The van der Waals surface area contributed by atoms with E-state index in [1.165, 1.54) is 33.6 Å². The highest BCUT2D eigenvalue weighted by Crippen LogP contribution is 2.42. The zero-order chi connectivity index (χ0) is 23.1. The third-order valence-electron chi connectivity index (χ3n) is 6.28. The summed E-state index contributed by atoms with van der Waals surface area (Å²) in [4.78, 5) is 7.07. The number of pyridine rings is 1. The molecule has 5 rings (SSSR count). The Morgan fingerprint density at radius 3 is 1.91 bits per heavy atom. The van der Waals surface area contributed by atoms with Crippen LogP contribution in [0.5, 0.6) is 0 Å². The van der Waals surface area contributed by atoms with Crippen LogP contribution in [0.15, 0.2) is 77.4 Å². The van der Waals surface area contributed by atoms with Crippen molar-refractivity contribution in [1.29, 1.82) is 0 Å². The zero-order valence-electron chi connectivity index (χ0n) is 19.7. The Bertz CT molecular complexity index is 1390. The number of fused-ring (bicyclic) bond motifs is 1. The molecule has 0 radical (unpaired) electrons. The lowest BCUT2D eigenvalue weighted by molar-refractivity contribution is 0.450. The second kappa shape index (κ2) is 8.21. The maximum atomic E-state index is 5.50. The highest BCUT2D eigenvalue weighted by Gasteiger charge is 2.21. The van der Waals surface area contributed by atoms with Crippen molar-refractivity contribution in [3.05, 3.63) is 101 Å². The summed E-state index contributed by atoms with van der Waals surface area (Å²) >= 11 is 0. The standard InChI is InChI=1S/C29H27N3O/c1-18-8-6-9-19(2)28(18)32(29-20(3)10-7-11-21(29)4)24-14-15-30-26(17-24)23-12-13-25-22(5)31-33-27(25)16-23/h6-17H,1-5H3. The molecule has 0 amide bonds. The van der Waals surface area contributed by atoms with Crippen LogP contribution in [0.25, 0.3) is 22.2 Å². The number of aryl methyl sites for hydroxylation is 5. The zero-order valence-corrected chi connectivity index (χ0v) is 19.7. The number of anilines is 3. The van der Waals surface area contributed by atoms with Crippen molar-refractivity contribution >= 4 is 28.0 Å². The molecule has 0 saturated heterocycles. The molecule has 2 aromatic heterocycles. The van der Waals surface area contributed by atoms with E-state index >= 15 is 0 Å². The summed E-state index contributed by atoms with van der Waals surface area (Å²) in [5.41, 5.74) is 12.0. The first-order valence-corrected chi connectivity index (χ1v) is 11.2. The van der Waals surface area contributed by atoms with Crippen molar-refractivity contribution in [2.45, 2.75) is 34.6 Å². The van der Waals surface area contributed by atoms with Crippen LogP contribution in [-0.2, 0) is 0 Å². The first-order chi connectivity index (χ1) is 15.9. The van der Waals surface area contributed by atoms with E-state index in [2.05, 4.69) is 98.4 Å². The first-order valence-electron chi connectivity index (χ1n) is 11.2. The van der Waals surface area contributed by atoms with E-state index in [0.29, 0.717) is 0 Å². The molecule has 3 aromatic carbocycles. The minimum absolute atomic E-state index is 0.776. The van der Waals surface area contributed by atoms with Gasteiger partial charge in [-0.25, -0.2) is 0 Å². The maximum absolute atomic E-state index is 5.50. The summed E-state index contributed by atoms with van der Waals surface area (Å²) in [7, 11) is 0. The van der Waals surface area contributed by atoms with Gasteiger partial charge in [0.1, 0.15) is 0 Å². The SMILES string of the molecule is Cc1cccc(C)c1N(c1ccnc(-c2ccc3c(C)noc3c2)c1)c1c(C)cccc1C. The van der Waals surface area contributed by atoms with Crippen molar-refractivity contribution < 1.29 is 4.52 Å². The van der Waals surface area contributed by atoms with Crippen molar-refractivity contribution in [1.82, 2.24) is 10.1 Å². The van der Waals surface area contributed by atoms with Gasteiger partial charge in [0, 0.05) is 22.8 Å². The third kappa shape index (κ3) is 3.68. The van der Waals surface area contributed by atoms with Gasteiger partial charge in [0.2, 0.25) is 0 Å². The van der Waals surface area contributed by atoms with Gasteiger partial charge >= 0.3 is 0 Å². The van der Waals surface area contributed by atoms with Gasteiger partial charge in [-0.05, 0) is 81.1 Å². The minimum Gasteiger partial charge on any atom is -0.356 e. The molecular formula is C29H27N3O. The van der Waals surface area contributed by atoms with Crippen molar-refractivity contribution in [2.75, 3.05) is 4.90 Å². The highest BCUT2D eigenvalue weighted by atomic mass is 16.5. The Hall–Kier alpha value is -3.92. The summed E-state index contributed by atoms with van der Waals surface area (Å²) in [6.45, 7) is 10.6. The van der Waals surface area contributed by atoms with Gasteiger partial charge in [-0.2, -0.15) is 0 Å². The van der Waals surface area contributed by atoms with Crippen molar-refractivity contribution in [3.63, 3.8) is 0 Å². The molecule has 0 unspecified atom stereocenters. The number of hydrogen-bond acceptors (Lipinski definition) is 4. The average molecular weight is 434 g/mol. The number of nitrogens with zero attached hydrogens (tertiary/aromatic N) is 3. The van der Waals surface area contributed by atoms with Crippen LogP contribution in [0.2, 0.25) is 0 Å². The summed E-state index contributed by atoms with van der Waals surface area (Å²) in [6.07, 6.45) is 1.88. The lowest BCUT2D eigenvalue weighted by Crippen LogP contribution is -2.15. The molecule has 0 aliphatic heterocycles. The fourth-order valence-corrected chi connectivity index (χ4v) is 4.63. The molecule has 0 bridgehead atoms. The third-order valence-corrected chi connectivity index (χ3v) is 6.28. The largest absolute Gasteiger partial charge is 0.356 e. The van der Waals surface area contributed by atoms with Gasteiger partial charge < -0.3 is 9.42 Å². The van der Waals surface area contributed by atoms with E-state index in [9.17, 15) is 0 Å². The Balaban J connectivity index is 1.72. The molecule has 0 spiro atoms. The van der Waals surface area contributed by atoms with Gasteiger partial charge in [0.15, 0.2) is 5.58 Å². The Kier molecular flexibility index (Phi) is 5.21. The minimum atomic E-state index is 0.776. The summed E-state index contributed by atoms with van der Waals surface area (Å²) in [6, 6.07) is 23.3. The molecule has 0 aliphatic carbocycles. The molecule has 33 heavy (non-hydrogen) atoms. The number of benzene rings is 3. The molecule has 2 heterocycles. The van der Waals surface area contributed by atoms with Crippen LogP contribution < -0.4 is 4.90 Å². The quantitative estimate of drug-likeness (QED) is 0.289. The van der Waals surface area contributed by atoms with Gasteiger partial charge in [-0.3, -0.25) is 4.98 Å². The molecular weight excluding hydrogens is 406 g/mol. The van der Waals surface area contributed by atoms with Crippen LogP contribution in [0.1, 0.15) is 27.9 Å². The molecule has 5 aromatic rings. The molecule has 164 valence electrons. The molecule has 0 saturated carbocycles. The number of aromatic nitrogens is 2. The monoisotopic (exact) mass is 433 g/mol. The normalized spacial score (nSPS) is 11.2. The molecule has 0 atom stereocenters. The fourth-order valence-electron chi connectivity index (χ4n) is 4.63. The number of rotatable bonds is 4. The topological polar surface area (TPSA) is 42.2 Å². The van der Waals surface area contributed by atoms with Gasteiger partial charge in [-0.15, -0.1) is 0 Å². The summed E-state index contributed by atoms with van der Waals surface area (Å²) < 4.78 is 5.50. The van der Waals surface area contributed by atoms with E-state index in [4.69, 9.17) is 9.51 Å². The lowest BCUT2D eigenvalue weighted by Gasteiger charge is -2.31. The number of para-hydroxylation sites is 2. The molecule has 0 aliphatic rings. The predicted octanol–water partition coefficient (Wildman–Crippen LogP) is 7.90. The molecule has 4 nitrogen and oxygen atoms in total. The Morgan fingerprint density at radius 1 is 0.697 bits per heavy atom. The predicted molar refractivity (Wildman–Crippen MR) is 136 cm³/mol. The van der Waals surface area contributed by atoms with Crippen LogP contribution >= 0.6 is 0 Å². The molecule has 0 fully saturated rings. The maximum Gasteiger partial charge on any atom is 0.167 e. The Labute approximate surface area is 194 Å². The lowest BCUT2D eigenvalue weighted by atomic mass is 10.0. The average Bonchev–Trinajstić information content (AvgIpc) is 3.18. The molecule has 0 N–H and O–H groups in total. The second-order valence-corrected chi connectivity index (χ2v) is 8.69. The van der Waals surface area contributed by atoms with Crippen molar-refractivity contribution in [2.24, 2.45) is 0 Å².